The average Bonchev–Trinajstić information content (AvgIpc) is 3.59. The van der Waals surface area contributed by atoms with Crippen molar-refractivity contribution in [2.75, 3.05) is 38.0 Å². The number of hydrogen-bond donors (Lipinski definition) is 2. The van der Waals surface area contributed by atoms with Gasteiger partial charge in [0.05, 0.1) is 55.4 Å². The number of nitrogens with one attached hydrogen (secondary N) is 2. The summed E-state index contributed by atoms with van der Waals surface area (Å²) in [5.74, 6) is -0.0978. The lowest BCUT2D eigenvalue weighted by atomic mass is 10.1. The third-order valence-electron chi connectivity index (χ3n) is 9.76. The molecule has 0 aliphatic heterocycles. The fraction of sp³-hybridized carbons (Fsp3) is 0.222. The lowest BCUT2D eigenvalue weighted by molar-refractivity contribution is 0.0997. The van der Waals surface area contributed by atoms with E-state index in [1.54, 1.807) is 24.4 Å². The van der Waals surface area contributed by atoms with Crippen LogP contribution in [0.3, 0.4) is 0 Å². The Labute approximate surface area is 335 Å². The van der Waals surface area contributed by atoms with E-state index in [1.165, 1.54) is 31.9 Å². The first-order valence-electron chi connectivity index (χ1n) is 18.8. The van der Waals surface area contributed by atoms with E-state index >= 15 is 0 Å². The van der Waals surface area contributed by atoms with Gasteiger partial charge in [-0.25, -0.2) is 0 Å². The highest BCUT2D eigenvalue weighted by atomic mass is 16.5. The number of rotatable bonds is 15. The fourth-order valence-electron chi connectivity index (χ4n) is 6.81. The molecule has 13 heteroatoms. The van der Waals surface area contributed by atoms with Gasteiger partial charge in [0.2, 0.25) is 0 Å². The quantitative estimate of drug-likeness (QED) is 0.107. The number of benzene rings is 4. The zero-order chi connectivity index (χ0) is 40.8. The van der Waals surface area contributed by atoms with Crippen molar-refractivity contribution in [2.24, 2.45) is 7.05 Å². The van der Waals surface area contributed by atoms with Gasteiger partial charge in [0.1, 0.15) is 11.3 Å². The summed E-state index contributed by atoms with van der Waals surface area (Å²) in [6.07, 6.45) is 6.23. The monoisotopic (exact) mass is 780 g/mol. The first kappa shape index (κ1) is 39.3. The van der Waals surface area contributed by atoms with Gasteiger partial charge in [-0.1, -0.05) is 29.8 Å². The molecule has 13 nitrogen and oxygen atoms in total. The van der Waals surface area contributed by atoms with Crippen LogP contribution in [0.2, 0.25) is 0 Å². The van der Waals surface area contributed by atoms with Gasteiger partial charge in [0, 0.05) is 56.1 Å². The minimum Gasteiger partial charge on any atom is -0.493 e. The van der Waals surface area contributed by atoms with Crippen molar-refractivity contribution in [1.82, 2.24) is 19.7 Å². The highest BCUT2D eigenvalue weighted by Crippen LogP contribution is 2.34. The van der Waals surface area contributed by atoms with Gasteiger partial charge in [-0.3, -0.25) is 28.9 Å². The zero-order valence-electron chi connectivity index (χ0n) is 33.0. The molecule has 0 radical (unpaired) electrons. The van der Waals surface area contributed by atoms with Gasteiger partial charge in [0.15, 0.2) is 22.7 Å². The van der Waals surface area contributed by atoms with E-state index in [0.717, 1.165) is 58.9 Å². The molecule has 2 N–H and O–H groups in total. The number of ether oxygens (including phenoxy) is 3. The summed E-state index contributed by atoms with van der Waals surface area (Å²) in [7, 11) is 4.85. The van der Waals surface area contributed by atoms with Gasteiger partial charge >= 0.3 is 0 Å². The Balaban J connectivity index is 1.06. The molecule has 296 valence electrons. The number of aromatic nitrogens is 3. The normalized spacial score (nSPS) is 11.2. The van der Waals surface area contributed by atoms with Crippen molar-refractivity contribution in [2.45, 2.75) is 33.4 Å². The van der Waals surface area contributed by atoms with E-state index in [-0.39, 0.29) is 28.0 Å². The number of hydrogen-bond acceptors (Lipinski definition) is 10. The Hall–Kier alpha value is -6.99. The van der Waals surface area contributed by atoms with Crippen LogP contribution in [0.1, 0.15) is 50.1 Å². The molecule has 0 unspecified atom stereocenters. The van der Waals surface area contributed by atoms with Crippen molar-refractivity contribution >= 4 is 45.1 Å². The van der Waals surface area contributed by atoms with Crippen LogP contribution in [0.4, 0.5) is 11.4 Å². The van der Waals surface area contributed by atoms with E-state index < -0.39 is 11.8 Å². The second kappa shape index (κ2) is 17.4. The SMILES string of the molecule is CCOc1cncc(CN(CCc2ccc(NC(=O)c3cc(OC)c(OC)cc3NC(=O)c3cc(=O)c4cc(C)ccc4o3)cc2)Cc2ccc3c(cnn3C)c2)c1. The summed E-state index contributed by atoms with van der Waals surface area (Å²) in [6, 6.07) is 25.3. The molecule has 3 aromatic heterocycles. The topological polar surface area (TPSA) is 150 Å². The van der Waals surface area contributed by atoms with Crippen molar-refractivity contribution < 1.29 is 28.2 Å². The summed E-state index contributed by atoms with van der Waals surface area (Å²) in [5, 5.41) is 11.5. The number of carbonyl (C=O) groups is 2. The van der Waals surface area contributed by atoms with Crippen molar-refractivity contribution in [3.63, 3.8) is 0 Å². The average molecular weight is 781 g/mol. The molecule has 3 heterocycles. The lowest BCUT2D eigenvalue weighted by Crippen LogP contribution is -2.25. The Morgan fingerprint density at radius 1 is 0.810 bits per heavy atom. The van der Waals surface area contributed by atoms with Crippen LogP contribution < -0.4 is 30.3 Å². The molecule has 7 rings (SSSR count). The summed E-state index contributed by atoms with van der Waals surface area (Å²) in [5.41, 5.74) is 5.98. The number of methoxy groups -OCH3 is 2. The summed E-state index contributed by atoms with van der Waals surface area (Å²) in [4.78, 5) is 46.9. The van der Waals surface area contributed by atoms with Gasteiger partial charge < -0.3 is 29.3 Å². The second-order valence-electron chi connectivity index (χ2n) is 13.9. The molecule has 2 amide bonds. The first-order chi connectivity index (χ1) is 28.1. The molecular formula is C45H44N6O7. The Kier molecular flexibility index (Phi) is 11.8. The van der Waals surface area contributed by atoms with E-state index in [1.807, 2.05) is 68.3 Å². The van der Waals surface area contributed by atoms with Crippen molar-refractivity contribution in [1.29, 1.82) is 0 Å². The standard InChI is InChI=1S/C45H44N6O7/c1-6-57-34-19-31(23-46-25-34)27-51(26-30-10-13-38-32(18-30)24-47-50(38)3)16-15-29-8-11-33(12-9-29)48-44(53)35-20-41(55-4)42(56-5)21-37(35)49-45(54)43-22-39(52)36-17-28(2)7-14-40(36)58-43/h7-14,17-25H,6,15-16,26-27H2,1-5H3,(H,48,53)(H,49,54). The van der Waals surface area contributed by atoms with Crippen LogP contribution in [0.5, 0.6) is 17.2 Å². The van der Waals surface area contributed by atoms with Crippen LogP contribution in [0.15, 0.2) is 113 Å². The highest BCUT2D eigenvalue weighted by molar-refractivity contribution is 6.12. The molecule has 0 atom stereocenters. The maximum atomic E-state index is 13.8. The number of anilines is 2. The Morgan fingerprint density at radius 2 is 1.57 bits per heavy atom. The highest BCUT2D eigenvalue weighted by Gasteiger charge is 2.21. The van der Waals surface area contributed by atoms with E-state index in [2.05, 4.69) is 43.8 Å². The van der Waals surface area contributed by atoms with Crippen molar-refractivity contribution in [3.8, 4) is 17.2 Å². The summed E-state index contributed by atoms with van der Waals surface area (Å²) < 4.78 is 24.3. The number of carbonyl (C=O) groups excluding carboxylic acids is 2. The first-order valence-corrected chi connectivity index (χ1v) is 18.8. The number of aryl methyl sites for hydroxylation is 2. The molecule has 0 aliphatic carbocycles. The second-order valence-corrected chi connectivity index (χ2v) is 13.9. The smallest absolute Gasteiger partial charge is 0.291 e. The molecule has 7 aromatic rings. The molecule has 0 saturated carbocycles. The van der Waals surface area contributed by atoms with Gasteiger partial charge in [-0.2, -0.15) is 5.10 Å². The van der Waals surface area contributed by atoms with Crippen LogP contribution in [-0.4, -0.2) is 58.8 Å². The molecule has 0 bridgehead atoms. The number of fused-ring (bicyclic) bond motifs is 2. The number of pyridine rings is 1. The van der Waals surface area contributed by atoms with Crippen LogP contribution >= 0.6 is 0 Å². The minimum absolute atomic E-state index is 0.108. The maximum absolute atomic E-state index is 13.8. The van der Waals surface area contributed by atoms with Gasteiger partial charge in [0.25, 0.3) is 11.8 Å². The predicted molar refractivity (Wildman–Crippen MR) is 223 cm³/mol. The molecule has 0 spiro atoms. The largest absolute Gasteiger partial charge is 0.493 e. The van der Waals surface area contributed by atoms with Gasteiger partial charge in [-0.05, 0) is 85.5 Å². The number of amides is 2. The van der Waals surface area contributed by atoms with Crippen molar-refractivity contribution in [3.05, 3.63) is 147 Å². The molecule has 0 fully saturated rings. The zero-order valence-corrected chi connectivity index (χ0v) is 33.0. The van der Waals surface area contributed by atoms with E-state index in [9.17, 15) is 14.4 Å². The van der Waals surface area contributed by atoms with E-state index in [4.69, 9.17) is 18.6 Å². The molecule has 0 saturated heterocycles. The Bertz CT molecular complexity index is 2670. The molecular weight excluding hydrogens is 737 g/mol. The Morgan fingerprint density at radius 3 is 2.34 bits per heavy atom. The molecule has 58 heavy (non-hydrogen) atoms. The van der Waals surface area contributed by atoms with Crippen LogP contribution in [0.25, 0.3) is 21.9 Å². The summed E-state index contributed by atoms with van der Waals surface area (Å²) >= 11 is 0. The fourth-order valence-corrected chi connectivity index (χ4v) is 6.81. The molecule has 4 aromatic carbocycles. The number of nitrogens with zero attached hydrogens (tertiary/aromatic N) is 4. The van der Waals surface area contributed by atoms with Crippen LogP contribution in [-0.2, 0) is 26.6 Å². The third kappa shape index (κ3) is 9.00. The van der Waals surface area contributed by atoms with Gasteiger partial charge in [-0.15, -0.1) is 0 Å². The lowest BCUT2D eigenvalue weighted by Gasteiger charge is -2.23. The minimum atomic E-state index is -0.713. The van der Waals surface area contributed by atoms with E-state index in [0.29, 0.717) is 35.7 Å². The third-order valence-corrected chi connectivity index (χ3v) is 9.76. The maximum Gasteiger partial charge on any atom is 0.291 e. The molecule has 0 aliphatic rings. The predicted octanol–water partition coefficient (Wildman–Crippen LogP) is 7.55. The summed E-state index contributed by atoms with van der Waals surface area (Å²) in [6.45, 7) is 6.52. The van der Waals surface area contributed by atoms with Crippen LogP contribution in [0, 0.1) is 6.92 Å².